The first kappa shape index (κ1) is 41.9. The number of hydrogen-bond donors (Lipinski definition) is 6. The lowest BCUT2D eigenvalue weighted by Gasteiger charge is -2.42. The van der Waals surface area contributed by atoms with Gasteiger partial charge in [-0.2, -0.15) is 0 Å². The summed E-state index contributed by atoms with van der Waals surface area (Å²) in [6, 6.07) is 13.9. The third kappa shape index (κ3) is 12.9. The molecule has 3 atom stereocenters. The summed E-state index contributed by atoms with van der Waals surface area (Å²) < 4.78 is 6.71. The molecule has 0 spiro atoms. The van der Waals surface area contributed by atoms with Gasteiger partial charge in [-0.15, -0.1) is 0 Å². The van der Waals surface area contributed by atoms with Gasteiger partial charge in [0.25, 0.3) is 8.32 Å². The fraction of sp³-hybridized carbons (Fsp3) is 0.541. The van der Waals surface area contributed by atoms with Crippen molar-refractivity contribution in [3.8, 4) is 5.75 Å². The van der Waals surface area contributed by atoms with Gasteiger partial charge in [-0.25, -0.2) is 0 Å². The fourth-order valence-corrected chi connectivity index (χ4v) is 11.7. The van der Waals surface area contributed by atoms with Crippen LogP contribution in [0.1, 0.15) is 72.9 Å². The van der Waals surface area contributed by atoms with Crippen molar-refractivity contribution in [1.82, 2.24) is 21.3 Å². The van der Waals surface area contributed by atoms with Crippen LogP contribution >= 0.6 is 0 Å². The highest BCUT2D eigenvalue weighted by Gasteiger charge is 2.47. The third-order valence-corrected chi connectivity index (χ3v) is 14.9. The van der Waals surface area contributed by atoms with E-state index in [1.165, 1.54) is 0 Å². The standard InChI is InChI=1S/C37H58N6O6Si/c1-23(2)18-31(35(39)46)43-37(48)32(20-27-12-10-9-11-13-27)42-34(45)22-40-33(44)21-41-36(47)30(38)19-28-14-16-29(17-15-28)49-50(24(3)4,25(5)6)26(7)8/h9-17,23-26,30-32H,18-22,38H2,1-8H3,(H2,39,46)(H,40,44)(H,41,47)(H,42,45)(H,43,48)/t30-,31-,32-/m0/s1. The minimum Gasteiger partial charge on any atom is -0.543 e. The van der Waals surface area contributed by atoms with Crippen LogP contribution in [0.3, 0.4) is 0 Å². The van der Waals surface area contributed by atoms with Crippen LogP contribution in [-0.2, 0) is 36.8 Å². The Kier molecular flexibility index (Phi) is 16.6. The zero-order valence-corrected chi connectivity index (χ0v) is 31.9. The van der Waals surface area contributed by atoms with Crippen LogP contribution in [0.25, 0.3) is 0 Å². The van der Waals surface area contributed by atoms with E-state index in [9.17, 15) is 24.0 Å². The molecular formula is C37H58N6O6Si. The summed E-state index contributed by atoms with van der Waals surface area (Å²) in [5, 5.41) is 10.2. The Bertz CT molecular complexity index is 1400. The highest BCUT2D eigenvalue weighted by molar-refractivity contribution is 6.78. The van der Waals surface area contributed by atoms with Crippen LogP contribution < -0.4 is 37.2 Å². The van der Waals surface area contributed by atoms with Gasteiger partial charge in [0.2, 0.25) is 29.5 Å². The van der Waals surface area contributed by atoms with E-state index < -0.39 is 62.5 Å². The number of rotatable bonds is 20. The van der Waals surface area contributed by atoms with Crippen molar-refractivity contribution in [3.63, 3.8) is 0 Å². The normalized spacial score (nSPS) is 13.5. The maximum Gasteiger partial charge on any atom is 0.258 e. The van der Waals surface area contributed by atoms with Crippen molar-refractivity contribution in [2.24, 2.45) is 17.4 Å². The van der Waals surface area contributed by atoms with E-state index in [2.05, 4.69) is 62.8 Å². The molecular weight excluding hydrogens is 653 g/mol. The van der Waals surface area contributed by atoms with Gasteiger partial charge in [-0.05, 0) is 58.6 Å². The molecule has 5 amide bonds. The number of carbonyl (C=O) groups is 5. The quantitative estimate of drug-likeness (QED) is 0.114. The molecule has 0 fully saturated rings. The van der Waals surface area contributed by atoms with Crippen molar-refractivity contribution in [2.75, 3.05) is 13.1 Å². The first-order valence-corrected chi connectivity index (χ1v) is 19.6. The van der Waals surface area contributed by atoms with Gasteiger partial charge >= 0.3 is 0 Å². The SMILES string of the molecule is CC(C)C[C@H](NC(=O)[C@H](Cc1ccccc1)NC(=O)CNC(=O)CNC(=O)[C@@H](N)Cc1ccc(O[Si](C(C)C)(C(C)C)C(C)C)cc1)C(N)=O. The van der Waals surface area contributed by atoms with Crippen molar-refractivity contribution in [2.45, 2.75) is 109 Å². The van der Waals surface area contributed by atoms with E-state index in [-0.39, 0.29) is 25.3 Å². The second-order valence-corrected chi connectivity index (χ2v) is 19.6. The minimum atomic E-state index is -2.10. The summed E-state index contributed by atoms with van der Waals surface area (Å²) in [6.07, 6.45) is 0.756. The second kappa shape index (κ2) is 19.8. The van der Waals surface area contributed by atoms with E-state index in [0.717, 1.165) is 16.9 Å². The molecule has 2 rings (SSSR count). The Morgan fingerprint density at radius 1 is 0.660 bits per heavy atom. The molecule has 0 bridgehead atoms. The molecule has 0 heterocycles. The number of carbonyl (C=O) groups excluding carboxylic acids is 5. The monoisotopic (exact) mass is 710 g/mol. The summed E-state index contributed by atoms with van der Waals surface area (Å²) in [5.41, 5.74) is 14.6. The molecule has 0 saturated heterocycles. The predicted molar refractivity (Wildman–Crippen MR) is 198 cm³/mol. The van der Waals surface area contributed by atoms with Crippen LogP contribution in [0, 0.1) is 5.92 Å². The highest BCUT2D eigenvalue weighted by atomic mass is 28.4. The minimum absolute atomic E-state index is 0.0954. The number of nitrogens with two attached hydrogens (primary N) is 2. The molecule has 0 unspecified atom stereocenters. The Labute approximate surface area is 298 Å². The Morgan fingerprint density at radius 2 is 1.20 bits per heavy atom. The zero-order valence-electron chi connectivity index (χ0n) is 30.9. The zero-order chi connectivity index (χ0) is 37.6. The first-order valence-electron chi connectivity index (χ1n) is 17.5. The number of hydrogen-bond acceptors (Lipinski definition) is 7. The maximum absolute atomic E-state index is 13.1. The molecule has 2 aromatic carbocycles. The van der Waals surface area contributed by atoms with E-state index in [0.29, 0.717) is 23.0 Å². The van der Waals surface area contributed by atoms with Crippen LogP contribution in [0.2, 0.25) is 16.6 Å². The predicted octanol–water partition coefficient (Wildman–Crippen LogP) is 3.09. The van der Waals surface area contributed by atoms with E-state index in [1.807, 2.05) is 68.4 Å². The summed E-state index contributed by atoms with van der Waals surface area (Å²) in [4.78, 5) is 63.0. The molecule has 0 aliphatic heterocycles. The topological polar surface area (TPSA) is 195 Å². The molecule has 50 heavy (non-hydrogen) atoms. The number of benzene rings is 2. The molecule has 12 nitrogen and oxygen atoms in total. The first-order chi connectivity index (χ1) is 23.5. The fourth-order valence-electron chi connectivity index (χ4n) is 6.43. The van der Waals surface area contributed by atoms with Crippen LogP contribution in [0.5, 0.6) is 5.75 Å². The summed E-state index contributed by atoms with van der Waals surface area (Å²) in [6.45, 7) is 16.4. The lowest BCUT2D eigenvalue weighted by molar-refractivity contribution is -0.132. The number of primary amides is 1. The Morgan fingerprint density at radius 3 is 1.72 bits per heavy atom. The van der Waals surface area contributed by atoms with Crippen LogP contribution in [0.4, 0.5) is 0 Å². The van der Waals surface area contributed by atoms with E-state index in [1.54, 1.807) is 0 Å². The molecule has 0 radical (unpaired) electrons. The molecule has 0 aliphatic carbocycles. The van der Waals surface area contributed by atoms with Gasteiger partial charge < -0.3 is 37.2 Å². The summed E-state index contributed by atoms with van der Waals surface area (Å²) in [5.74, 6) is -2.08. The largest absolute Gasteiger partial charge is 0.543 e. The Hall–Kier alpha value is -4.23. The highest BCUT2D eigenvalue weighted by Crippen LogP contribution is 2.42. The van der Waals surface area contributed by atoms with E-state index in [4.69, 9.17) is 15.9 Å². The smallest absolute Gasteiger partial charge is 0.258 e. The summed E-state index contributed by atoms with van der Waals surface area (Å²) >= 11 is 0. The van der Waals surface area contributed by atoms with Crippen molar-refractivity contribution in [1.29, 1.82) is 0 Å². The molecule has 0 saturated carbocycles. The van der Waals surface area contributed by atoms with Gasteiger partial charge in [-0.1, -0.05) is 97.9 Å². The lowest BCUT2D eigenvalue weighted by atomic mass is 10.0. The van der Waals surface area contributed by atoms with Crippen LogP contribution in [-0.4, -0.2) is 69.1 Å². The van der Waals surface area contributed by atoms with Crippen molar-refractivity contribution in [3.05, 3.63) is 65.7 Å². The average Bonchev–Trinajstić information content (AvgIpc) is 3.04. The molecule has 13 heteroatoms. The van der Waals surface area contributed by atoms with Crippen molar-refractivity contribution < 1.29 is 28.4 Å². The van der Waals surface area contributed by atoms with Crippen LogP contribution in [0.15, 0.2) is 54.6 Å². The lowest BCUT2D eigenvalue weighted by Crippen LogP contribution is -2.55. The van der Waals surface area contributed by atoms with E-state index >= 15 is 0 Å². The number of nitrogens with one attached hydrogen (secondary N) is 4. The van der Waals surface area contributed by atoms with Gasteiger partial charge in [0, 0.05) is 6.42 Å². The molecule has 0 aromatic heterocycles. The van der Waals surface area contributed by atoms with Crippen molar-refractivity contribution >= 4 is 37.9 Å². The van der Waals surface area contributed by atoms with Gasteiger partial charge in [0.05, 0.1) is 19.1 Å². The molecule has 276 valence electrons. The molecule has 2 aromatic rings. The number of amides is 5. The Balaban J connectivity index is 1.91. The van der Waals surface area contributed by atoms with Gasteiger partial charge in [-0.3, -0.25) is 24.0 Å². The van der Waals surface area contributed by atoms with Gasteiger partial charge in [0.1, 0.15) is 17.8 Å². The molecule has 8 N–H and O–H groups in total. The third-order valence-electron chi connectivity index (χ3n) is 8.89. The average molecular weight is 711 g/mol. The summed E-state index contributed by atoms with van der Waals surface area (Å²) in [7, 11) is -2.10. The second-order valence-electron chi connectivity index (χ2n) is 14.3. The van der Waals surface area contributed by atoms with Gasteiger partial charge in [0.15, 0.2) is 0 Å². The maximum atomic E-state index is 13.1. The molecule has 0 aliphatic rings.